The predicted octanol–water partition coefficient (Wildman–Crippen LogP) is 3.42. The molecule has 0 aromatic heterocycles. The van der Waals surface area contributed by atoms with Gasteiger partial charge in [-0.25, -0.2) is 0 Å². The number of methoxy groups -OCH3 is 1. The standard InChI is InChI=1S/C17H16O4/c1-10-6-7-11(8-15(10)20-2)16-9-13(19)17-12(18)4-3-5-14(17)21-16/h3-8,16,18H,9H2,1-2H3. The zero-order valence-corrected chi connectivity index (χ0v) is 11.9. The minimum Gasteiger partial charge on any atom is -0.507 e. The second-order valence-electron chi connectivity index (χ2n) is 5.11. The van der Waals surface area contributed by atoms with Crippen molar-refractivity contribution >= 4 is 5.78 Å². The lowest BCUT2D eigenvalue weighted by Crippen LogP contribution is -2.20. The number of fused-ring (bicyclic) bond motifs is 1. The number of rotatable bonds is 2. The Hall–Kier alpha value is -2.49. The summed E-state index contributed by atoms with van der Waals surface area (Å²) < 4.78 is 11.2. The van der Waals surface area contributed by atoms with Crippen LogP contribution in [0.3, 0.4) is 0 Å². The van der Waals surface area contributed by atoms with Crippen LogP contribution in [0.4, 0.5) is 0 Å². The van der Waals surface area contributed by atoms with Gasteiger partial charge in [-0.15, -0.1) is 0 Å². The van der Waals surface area contributed by atoms with E-state index in [2.05, 4.69) is 0 Å². The Labute approximate surface area is 122 Å². The Kier molecular flexibility index (Phi) is 3.29. The molecule has 0 fully saturated rings. The van der Waals surface area contributed by atoms with E-state index >= 15 is 0 Å². The second-order valence-corrected chi connectivity index (χ2v) is 5.11. The highest BCUT2D eigenvalue weighted by molar-refractivity contribution is 6.02. The molecule has 1 atom stereocenters. The van der Waals surface area contributed by atoms with E-state index in [0.717, 1.165) is 16.9 Å². The van der Waals surface area contributed by atoms with E-state index in [1.54, 1.807) is 19.2 Å². The number of benzene rings is 2. The van der Waals surface area contributed by atoms with Gasteiger partial charge in [-0.2, -0.15) is 0 Å². The summed E-state index contributed by atoms with van der Waals surface area (Å²) >= 11 is 0. The number of ketones is 1. The number of carbonyl (C=O) groups excluding carboxylic acids is 1. The molecule has 1 N–H and O–H groups in total. The summed E-state index contributed by atoms with van der Waals surface area (Å²) in [5, 5.41) is 9.78. The van der Waals surface area contributed by atoms with Crippen LogP contribution in [0.1, 0.15) is 34.0 Å². The summed E-state index contributed by atoms with van der Waals surface area (Å²) in [7, 11) is 1.62. The molecule has 0 radical (unpaired) electrons. The molecular formula is C17H16O4. The monoisotopic (exact) mass is 284 g/mol. The third-order valence-electron chi connectivity index (χ3n) is 3.73. The molecule has 4 heteroatoms. The average Bonchev–Trinajstić information content (AvgIpc) is 2.47. The first-order valence-electron chi connectivity index (χ1n) is 6.76. The molecule has 0 bridgehead atoms. The van der Waals surface area contributed by atoms with Crippen molar-refractivity contribution in [2.75, 3.05) is 7.11 Å². The fourth-order valence-electron chi connectivity index (χ4n) is 2.59. The fraction of sp³-hybridized carbons (Fsp3) is 0.235. The Balaban J connectivity index is 1.98. The summed E-state index contributed by atoms with van der Waals surface area (Å²) in [5.41, 5.74) is 2.19. The molecule has 0 aliphatic carbocycles. The molecule has 1 unspecified atom stereocenters. The molecule has 0 amide bonds. The zero-order chi connectivity index (χ0) is 15.0. The molecule has 4 nitrogen and oxygen atoms in total. The van der Waals surface area contributed by atoms with E-state index in [4.69, 9.17) is 9.47 Å². The predicted molar refractivity (Wildman–Crippen MR) is 78.2 cm³/mol. The number of aromatic hydroxyl groups is 1. The highest BCUT2D eigenvalue weighted by Crippen LogP contribution is 2.39. The SMILES string of the molecule is COc1cc(C2CC(=O)c3c(O)cccc3O2)ccc1C. The number of phenols is 1. The summed E-state index contributed by atoms with van der Waals surface area (Å²) in [6.07, 6.45) is -0.155. The van der Waals surface area contributed by atoms with E-state index in [0.29, 0.717) is 5.75 Å². The van der Waals surface area contributed by atoms with Crippen molar-refractivity contribution in [1.29, 1.82) is 0 Å². The second kappa shape index (κ2) is 5.13. The Morgan fingerprint density at radius 1 is 1.29 bits per heavy atom. The van der Waals surface area contributed by atoms with E-state index in [-0.39, 0.29) is 29.6 Å². The van der Waals surface area contributed by atoms with Gasteiger partial charge in [0.05, 0.1) is 13.5 Å². The smallest absolute Gasteiger partial charge is 0.174 e. The van der Waals surface area contributed by atoms with Gasteiger partial charge in [-0.1, -0.05) is 18.2 Å². The Bertz CT molecular complexity index is 706. The molecule has 3 rings (SSSR count). The van der Waals surface area contributed by atoms with Gasteiger partial charge in [-0.3, -0.25) is 4.79 Å². The summed E-state index contributed by atoms with van der Waals surface area (Å²) in [6, 6.07) is 10.6. The molecule has 0 saturated carbocycles. The molecule has 2 aromatic carbocycles. The Morgan fingerprint density at radius 2 is 2.10 bits per heavy atom. The largest absolute Gasteiger partial charge is 0.507 e. The number of aryl methyl sites for hydroxylation is 1. The van der Waals surface area contributed by atoms with E-state index in [9.17, 15) is 9.90 Å². The number of Topliss-reactive ketones (excluding diaryl/α,β-unsaturated/α-hetero) is 1. The summed E-state index contributed by atoms with van der Waals surface area (Å²) in [5.74, 6) is 1.05. The number of carbonyl (C=O) groups is 1. The molecule has 0 saturated heterocycles. The first-order valence-corrected chi connectivity index (χ1v) is 6.76. The minimum absolute atomic E-state index is 0.0302. The molecule has 2 aromatic rings. The maximum atomic E-state index is 12.2. The first-order chi connectivity index (χ1) is 10.1. The number of hydrogen-bond acceptors (Lipinski definition) is 4. The topological polar surface area (TPSA) is 55.8 Å². The summed E-state index contributed by atoms with van der Waals surface area (Å²) in [4.78, 5) is 12.2. The number of ether oxygens (including phenoxy) is 2. The van der Waals surface area contributed by atoms with Crippen LogP contribution >= 0.6 is 0 Å². The first kappa shape index (κ1) is 13.5. The van der Waals surface area contributed by atoms with E-state index in [1.807, 2.05) is 25.1 Å². The minimum atomic E-state index is -0.360. The van der Waals surface area contributed by atoms with Crippen molar-refractivity contribution in [3.8, 4) is 17.2 Å². The van der Waals surface area contributed by atoms with Crippen LogP contribution in [0, 0.1) is 6.92 Å². The van der Waals surface area contributed by atoms with Gasteiger partial charge in [-0.05, 0) is 36.2 Å². The van der Waals surface area contributed by atoms with Crippen molar-refractivity contribution in [3.63, 3.8) is 0 Å². The Morgan fingerprint density at radius 3 is 2.86 bits per heavy atom. The van der Waals surface area contributed by atoms with Crippen LogP contribution in [0.5, 0.6) is 17.2 Å². The van der Waals surface area contributed by atoms with Crippen molar-refractivity contribution in [2.24, 2.45) is 0 Å². The lowest BCUT2D eigenvalue weighted by molar-refractivity contribution is 0.0845. The average molecular weight is 284 g/mol. The molecular weight excluding hydrogens is 268 g/mol. The van der Waals surface area contributed by atoms with Crippen molar-refractivity contribution in [3.05, 3.63) is 53.1 Å². The molecule has 108 valence electrons. The van der Waals surface area contributed by atoms with Gasteiger partial charge in [0.25, 0.3) is 0 Å². The third-order valence-corrected chi connectivity index (χ3v) is 3.73. The van der Waals surface area contributed by atoms with Gasteiger partial charge in [0.2, 0.25) is 0 Å². The molecule has 1 aliphatic heterocycles. The quantitative estimate of drug-likeness (QED) is 0.918. The van der Waals surface area contributed by atoms with Gasteiger partial charge >= 0.3 is 0 Å². The van der Waals surface area contributed by atoms with Crippen molar-refractivity contribution in [2.45, 2.75) is 19.4 Å². The highest BCUT2D eigenvalue weighted by atomic mass is 16.5. The molecule has 1 aliphatic rings. The number of hydrogen-bond donors (Lipinski definition) is 1. The van der Waals surface area contributed by atoms with Crippen LogP contribution in [-0.4, -0.2) is 18.0 Å². The molecule has 0 spiro atoms. The highest BCUT2D eigenvalue weighted by Gasteiger charge is 2.30. The maximum absolute atomic E-state index is 12.2. The van der Waals surface area contributed by atoms with E-state index < -0.39 is 0 Å². The lowest BCUT2D eigenvalue weighted by Gasteiger charge is -2.26. The van der Waals surface area contributed by atoms with Crippen LogP contribution in [0.25, 0.3) is 0 Å². The lowest BCUT2D eigenvalue weighted by atomic mass is 9.95. The number of phenolic OH excluding ortho intramolecular Hbond substituents is 1. The molecule has 21 heavy (non-hydrogen) atoms. The van der Waals surface area contributed by atoms with Crippen molar-refractivity contribution < 1.29 is 19.4 Å². The van der Waals surface area contributed by atoms with Gasteiger partial charge in [0, 0.05) is 0 Å². The van der Waals surface area contributed by atoms with Gasteiger partial charge in [0.15, 0.2) is 5.78 Å². The normalized spacial score (nSPS) is 17.0. The summed E-state index contributed by atoms with van der Waals surface area (Å²) in [6.45, 7) is 1.96. The van der Waals surface area contributed by atoms with Crippen LogP contribution in [0.2, 0.25) is 0 Å². The zero-order valence-electron chi connectivity index (χ0n) is 11.9. The fourth-order valence-corrected chi connectivity index (χ4v) is 2.59. The van der Waals surface area contributed by atoms with Crippen molar-refractivity contribution in [1.82, 2.24) is 0 Å². The third kappa shape index (κ3) is 2.33. The van der Waals surface area contributed by atoms with Crippen LogP contribution in [0.15, 0.2) is 36.4 Å². The van der Waals surface area contributed by atoms with E-state index in [1.165, 1.54) is 6.07 Å². The van der Waals surface area contributed by atoms with Crippen LogP contribution in [-0.2, 0) is 0 Å². The van der Waals surface area contributed by atoms with Gasteiger partial charge < -0.3 is 14.6 Å². The van der Waals surface area contributed by atoms with Gasteiger partial charge in [0.1, 0.15) is 28.9 Å². The van der Waals surface area contributed by atoms with Crippen LogP contribution < -0.4 is 9.47 Å². The molecule has 1 heterocycles. The maximum Gasteiger partial charge on any atom is 0.174 e.